The first-order chi connectivity index (χ1) is 6.95. The van der Waals surface area contributed by atoms with Crippen LogP contribution in [0, 0.1) is 0 Å². The molecule has 0 amide bonds. The van der Waals surface area contributed by atoms with Crippen molar-refractivity contribution in [2.45, 2.75) is 0 Å². The van der Waals surface area contributed by atoms with Gasteiger partial charge < -0.3 is 0 Å². The fourth-order valence-corrected chi connectivity index (χ4v) is 2.40. The predicted octanol–water partition coefficient (Wildman–Crippen LogP) is 3.06. The van der Waals surface area contributed by atoms with E-state index in [0.717, 1.165) is 0 Å². The van der Waals surface area contributed by atoms with Crippen LogP contribution in [-0.4, -0.2) is 9.38 Å². The van der Waals surface area contributed by atoms with Crippen molar-refractivity contribution in [2.24, 2.45) is 0 Å². The topological polar surface area (TPSA) is 17.3 Å². The van der Waals surface area contributed by atoms with Crippen molar-refractivity contribution in [2.75, 3.05) is 0 Å². The molecule has 0 saturated carbocycles. The van der Waals surface area contributed by atoms with E-state index in [0.29, 0.717) is 0 Å². The number of fused-ring (bicyclic) bond motifs is 1. The fraction of sp³-hybridized carbons (Fsp3) is 0. The first-order valence-electron chi connectivity index (χ1n) is 4.40. The third-order valence-corrected chi connectivity index (χ3v) is 3.11. The fourth-order valence-electron chi connectivity index (χ4n) is 1.54. The third-order valence-electron chi connectivity index (χ3n) is 2.22. The van der Waals surface area contributed by atoms with Crippen LogP contribution in [0.25, 0.3) is 16.1 Å². The van der Waals surface area contributed by atoms with Gasteiger partial charge in [-0.05, 0) is 5.56 Å². The molecule has 0 aliphatic rings. The minimum Gasteiger partial charge on any atom is -0.289 e. The van der Waals surface area contributed by atoms with Gasteiger partial charge in [0.2, 0.25) is 0 Å². The van der Waals surface area contributed by atoms with E-state index in [-0.39, 0.29) is 0 Å². The van der Waals surface area contributed by atoms with Gasteiger partial charge in [-0.2, -0.15) is 0 Å². The van der Waals surface area contributed by atoms with Gasteiger partial charge in [-0.25, -0.2) is 4.98 Å². The van der Waals surface area contributed by atoms with Crippen LogP contribution in [0.1, 0.15) is 0 Å². The molecule has 0 radical (unpaired) electrons. The molecule has 0 unspecified atom stereocenters. The minimum atomic E-state index is 1.18. The number of benzene rings is 1. The summed E-state index contributed by atoms with van der Waals surface area (Å²) >= 11 is 1.72. The average molecular weight is 200 g/mol. The normalized spacial score (nSPS) is 10.9. The molecule has 0 saturated heterocycles. The molecule has 3 rings (SSSR count). The number of aromatic nitrogens is 2. The van der Waals surface area contributed by atoms with Crippen LogP contribution in [0.5, 0.6) is 0 Å². The summed E-state index contributed by atoms with van der Waals surface area (Å²) in [6.45, 7) is 0. The van der Waals surface area contributed by atoms with Crippen molar-refractivity contribution in [1.82, 2.24) is 9.38 Å². The van der Waals surface area contributed by atoms with E-state index < -0.39 is 0 Å². The average Bonchev–Trinajstić information content (AvgIpc) is 2.79. The van der Waals surface area contributed by atoms with E-state index in [1.807, 2.05) is 18.6 Å². The molecule has 3 aromatic rings. The van der Waals surface area contributed by atoms with Gasteiger partial charge in [0.25, 0.3) is 0 Å². The highest BCUT2D eigenvalue weighted by Gasteiger charge is 2.04. The molecule has 68 valence electrons. The Hall–Kier alpha value is -1.61. The molecule has 0 aliphatic heterocycles. The van der Waals surface area contributed by atoms with Gasteiger partial charge in [-0.1, -0.05) is 30.3 Å². The number of hydrogen-bond acceptors (Lipinski definition) is 2. The number of thiazole rings is 1. The zero-order valence-electron chi connectivity index (χ0n) is 7.42. The van der Waals surface area contributed by atoms with Gasteiger partial charge >= 0.3 is 0 Å². The van der Waals surface area contributed by atoms with Gasteiger partial charge in [0.05, 0.1) is 11.9 Å². The number of rotatable bonds is 1. The van der Waals surface area contributed by atoms with Crippen LogP contribution < -0.4 is 0 Å². The van der Waals surface area contributed by atoms with Gasteiger partial charge in [0.1, 0.15) is 11.2 Å². The summed E-state index contributed by atoms with van der Waals surface area (Å²) in [5.41, 5.74) is 2.44. The molecule has 0 bridgehead atoms. The lowest BCUT2D eigenvalue weighted by Gasteiger charge is -1.97. The van der Waals surface area contributed by atoms with Crippen molar-refractivity contribution in [3.8, 4) is 11.3 Å². The molecule has 0 aliphatic carbocycles. The quantitative estimate of drug-likeness (QED) is 0.590. The lowest BCUT2D eigenvalue weighted by atomic mass is 10.2. The van der Waals surface area contributed by atoms with E-state index in [4.69, 9.17) is 0 Å². The summed E-state index contributed by atoms with van der Waals surface area (Å²) in [4.78, 5) is 5.30. The van der Waals surface area contributed by atoms with Gasteiger partial charge in [-0.15, -0.1) is 11.3 Å². The Kier molecular flexibility index (Phi) is 1.64. The molecular weight excluding hydrogens is 192 g/mol. The summed E-state index contributed by atoms with van der Waals surface area (Å²) < 4.78 is 2.11. The van der Waals surface area contributed by atoms with Crippen molar-refractivity contribution in [3.05, 3.63) is 48.2 Å². The lowest BCUT2D eigenvalue weighted by Crippen LogP contribution is -1.82. The van der Waals surface area contributed by atoms with E-state index >= 15 is 0 Å². The second-order valence-corrected chi connectivity index (χ2v) is 3.98. The molecule has 3 heteroatoms. The summed E-state index contributed by atoms with van der Waals surface area (Å²) in [7, 11) is 0. The maximum absolute atomic E-state index is 4.12. The van der Waals surface area contributed by atoms with Gasteiger partial charge in [0, 0.05) is 5.38 Å². The smallest absolute Gasteiger partial charge is 0.119 e. The molecule has 0 N–H and O–H groups in total. The second-order valence-electron chi connectivity index (χ2n) is 3.09. The summed E-state index contributed by atoms with van der Waals surface area (Å²) in [6.07, 6.45) is 3.74. The highest BCUT2D eigenvalue weighted by atomic mass is 32.1. The van der Waals surface area contributed by atoms with Crippen LogP contribution in [0.15, 0.2) is 48.2 Å². The van der Waals surface area contributed by atoms with Crippen LogP contribution in [0.3, 0.4) is 0 Å². The molecule has 0 fully saturated rings. The standard InChI is InChI=1S/C11H8N2S/c1-2-4-9(5-3-1)10-7-14-11-6-12-8-13(10)11/h1-8H. The Morgan fingerprint density at radius 3 is 2.86 bits per heavy atom. The Labute approximate surface area is 85.5 Å². The molecule has 2 nitrogen and oxygen atoms in total. The first-order valence-corrected chi connectivity index (χ1v) is 5.28. The molecule has 14 heavy (non-hydrogen) atoms. The van der Waals surface area contributed by atoms with Crippen LogP contribution in [0.4, 0.5) is 0 Å². The summed E-state index contributed by atoms with van der Waals surface area (Å²) in [6, 6.07) is 10.4. The largest absolute Gasteiger partial charge is 0.289 e. The van der Waals surface area contributed by atoms with E-state index in [1.165, 1.54) is 16.1 Å². The SMILES string of the molecule is c1ccc(-c2csc3cncn23)cc1. The summed E-state index contributed by atoms with van der Waals surface area (Å²) in [5, 5.41) is 2.16. The maximum Gasteiger partial charge on any atom is 0.119 e. The predicted molar refractivity (Wildman–Crippen MR) is 58.5 cm³/mol. The van der Waals surface area contributed by atoms with E-state index in [2.05, 4.69) is 39.0 Å². The van der Waals surface area contributed by atoms with Crippen molar-refractivity contribution >= 4 is 16.2 Å². The van der Waals surface area contributed by atoms with E-state index in [1.54, 1.807) is 11.3 Å². The van der Waals surface area contributed by atoms with Crippen molar-refractivity contribution in [1.29, 1.82) is 0 Å². The number of hydrogen-bond donors (Lipinski definition) is 0. The highest BCUT2D eigenvalue weighted by molar-refractivity contribution is 7.15. The molecule has 2 heterocycles. The zero-order valence-corrected chi connectivity index (χ0v) is 8.24. The molecule has 0 atom stereocenters. The Morgan fingerprint density at radius 1 is 1.14 bits per heavy atom. The molecule has 2 aromatic heterocycles. The van der Waals surface area contributed by atoms with Crippen molar-refractivity contribution in [3.63, 3.8) is 0 Å². The van der Waals surface area contributed by atoms with Gasteiger partial charge in [-0.3, -0.25) is 4.40 Å². The van der Waals surface area contributed by atoms with E-state index in [9.17, 15) is 0 Å². The minimum absolute atomic E-state index is 1.18. The highest BCUT2D eigenvalue weighted by Crippen LogP contribution is 2.25. The van der Waals surface area contributed by atoms with Gasteiger partial charge in [0.15, 0.2) is 0 Å². The Balaban J connectivity index is 2.28. The molecule has 1 aromatic carbocycles. The maximum atomic E-state index is 4.12. The first kappa shape index (κ1) is 7.76. The lowest BCUT2D eigenvalue weighted by molar-refractivity contribution is 1.18. The monoisotopic (exact) mass is 200 g/mol. The zero-order chi connectivity index (χ0) is 9.38. The van der Waals surface area contributed by atoms with Crippen LogP contribution in [0.2, 0.25) is 0 Å². The van der Waals surface area contributed by atoms with Crippen LogP contribution >= 0.6 is 11.3 Å². The van der Waals surface area contributed by atoms with Crippen molar-refractivity contribution < 1.29 is 0 Å². The third kappa shape index (κ3) is 1.06. The molecule has 0 spiro atoms. The Bertz CT molecular complexity index is 551. The molecular formula is C11H8N2S. The Morgan fingerprint density at radius 2 is 2.00 bits per heavy atom. The number of imidazole rings is 1. The second kappa shape index (κ2) is 2.96. The number of nitrogens with zero attached hydrogens (tertiary/aromatic N) is 2. The van der Waals surface area contributed by atoms with Crippen LogP contribution in [-0.2, 0) is 0 Å². The summed E-state index contributed by atoms with van der Waals surface area (Å²) in [5.74, 6) is 0.